The Bertz CT molecular complexity index is 431. The van der Waals surface area contributed by atoms with Crippen LogP contribution in [0.4, 0.5) is 0 Å². The van der Waals surface area contributed by atoms with Crippen molar-refractivity contribution in [3.05, 3.63) is 43.0 Å². The van der Waals surface area contributed by atoms with E-state index in [9.17, 15) is 4.79 Å². The highest BCUT2D eigenvalue weighted by Gasteiger charge is 2.17. The Kier molecular flexibility index (Phi) is 6.06. The van der Waals surface area contributed by atoms with Gasteiger partial charge < -0.3 is 9.30 Å². The molecule has 0 aromatic carbocycles. The van der Waals surface area contributed by atoms with Crippen LogP contribution in [-0.2, 0) is 15.1 Å². The molecule has 0 spiro atoms. The molecule has 0 saturated carbocycles. The van der Waals surface area contributed by atoms with Crippen LogP contribution in [0, 0.1) is 0 Å². The van der Waals surface area contributed by atoms with Crippen molar-refractivity contribution in [1.82, 2.24) is 9.55 Å². The van der Waals surface area contributed by atoms with Crippen LogP contribution in [0.5, 0.6) is 0 Å². The van der Waals surface area contributed by atoms with E-state index in [-0.39, 0.29) is 11.5 Å². The van der Waals surface area contributed by atoms with Crippen molar-refractivity contribution in [1.29, 1.82) is 0 Å². The minimum absolute atomic E-state index is 0.0473. The van der Waals surface area contributed by atoms with E-state index in [4.69, 9.17) is 4.74 Å². The van der Waals surface area contributed by atoms with Gasteiger partial charge in [-0.15, -0.1) is 0 Å². The van der Waals surface area contributed by atoms with Gasteiger partial charge in [0.25, 0.3) is 0 Å². The molecule has 1 rings (SSSR count). The molecule has 0 radical (unpaired) electrons. The number of rotatable bonds is 7. The Balaban J connectivity index is 2.32. The van der Waals surface area contributed by atoms with Gasteiger partial charge in [-0.1, -0.05) is 18.2 Å². The summed E-state index contributed by atoms with van der Waals surface area (Å²) in [4.78, 5) is 15.1. The summed E-state index contributed by atoms with van der Waals surface area (Å²) in [5.74, 6) is -0.300. The van der Waals surface area contributed by atoms with Crippen LogP contribution in [0.3, 0.4) is 0 Å². The number of hydrogen-bond donors (Lipinski definition) is 0. The molecular formula is C15H22N2O2. The van der Waals surface area contributed by atoms with Crippen molar-refractivity contribution in [3.8, 4) is 0 Å². The SMILES string of the molecule is CCOC(=O)/C=C/C=C/CCC(C)(C)n1ccnc1. The molecule has 0 unspecified atom stereocenters. The summed E-state index contributed by atoms with van der Waals surface area (Å²) in [6, 6.07) is 0. The van der Waals surface area contributed by atoms with Gasteiger partial charge in [-0.05, 0) is 33.6 Å². The first kappa shape index (κ1) is 15.2. The lowest BCUT2D eigenvalue weighted by molar-refractivity contribution is -0.137. The second kappa shape index (κ2) is 7.56. The molecule has 0 aliphatic rings. The molecule has 1 heterocycles. The Morgan fingerprint density at radius 3 is 2.84 bits per heavy atom. The lowest BCUT2D eigenvalue weighted by atomic mass is 9.98. The van der Waals surface area contributed by atoms with Crippen LogP contribution in [0.2, 0.25) is 0 Å². The molecule has 4 nitrogen and oxygen atoms in total. The molecule has 0 saturated heterocycles. The monoisotopic (exact) mass is 262 g/mol. The molecule has 0 aliphatic heterocycles. The fraction of sp³-hybridized carbons (Fsp3) is 0.467. The van der Waals surface area contributed by atoms with Gasteiger partial charge in [0.2, 0.25) is 0 Å². The molecule has 0 atom stereocenters. The maximum absolute atomic E-state index is 11.0. The van der Waals surface area contributed by atoms with Gasteiger partial charge >= 0.3 is 5.97 Å². The molecule has 19 heavy (non-hydrogen) atoms. The molecule has 0 bridgehead atoms. The van der Waals surface area contributed by atoms with Crippen LogP contribution in [0.25, 0.3) is 0 Å². The fourth-order valence-electron chi connectivity index (χ4n) is 1.68. The maximum Gasteiger partial charge on any atom is 0.330 e. The van der Waals surface area contributed by atoms with Gasteiger partial charge in [-0.25, -0.2) is 9.78 Å². The van der Waals surface area contributed by atoms with Gasteiger partial charge in [0.05, 0.1) is 12.9 Å². The van der Waals surface area contributed by atoms with E-state index in [1.54, 1.807) is 19.2 Å². The van der Waals surface area contributed by atoms with Crippen molar-refractivity contribution in [2.24, 2.45) is 0 Å². The molecule has 1 aromatic heterocycles. The van der Waals surface area contributed by atoms with Gasteiger partial charge in [0, 0.05) is 24.0 Å². The second-order valence-corrected chi connectivity index (χ2v) is 4.86. The van der Waals surface area contributed by atoms with E-state index in [2.05, 4.69) is 29.5 Å². The number of carbonyl (C=O) groups is 1. The molecule has 4 heteroatoms. The average molecular weight is 262 g/mol. The number of imidazole rings is 1. The highest BCUT2D eigenvalue weighted by atomic mass is 16.5. The van der Waals surface area contributed by atoms with Crippen molar-refractivity contribution in [2.45, 2.75) is 39.2 Å². The van der Waals surface area contributed by atoms with E-state index in [1.807, 2.05) is 18.6 Å². The molecule has 0 fully saturated rings. The number of aromatic nitrogens is 2. The first-order valence-corrected chi connectivity index (χ1v) is 6.54. The Morgan fingerprint density at radius 2 is 2.21 bits per heavy atom. The summed E-state index contributed by atoms with van der Waals surface area (Å²) in [5.41, 5.74) is 0.0473. The summed E-state index contributed by atoms with van der Waals surface area (Å²) in [6.07, 6.45) is 14.6. The number of allylic oxidation sites excluding steroid dienone is 3. The highest BCUT2D eigenvalue weighted by Crippen LogP contribution is 2.21. The Hall–Kier alpha value is -1.84. The zero-order valence-corrected chi connectivity index (χ0v) is 11.9. The lowest BCUT2D eigenvalue weighted by Gasteiger charge is -2.25. The van der Waals surface area contributed by atoms with Crippen LogP contribution in [0.1, 0.15) is 33.6 Å². The molecule has 0 N–H and O–H groups in total. The number of hydrogen-bond acceptors (Lipinski definition) is 3. The quantitative estimate of drug-likeness (QED) is 0.431. The minimum atomic E-state index is -0.300. The summed E-state index contributed by atoms with van der Waals surface area (Å²) >= 11 is 0. The summed E-state index contributed by atoms with van der Waals surface area (Å²) in [7, 11) is 0. The van der Waals surface area contributed by atoms with Crippen LogP contribution in [-0.4, -0.2) is 22.1 Å². The third-order valence-electron chi connectivity index (χ3n) is 2.89. The Labute approximate surface area is 114 Å². The number of nitrogens with zero attached hydrogens (tertiary/aromatic N) is 2. The maximum atomic E-state index is 11.0. The highest BCUT2D eigenvalue weighted by molar-refractivity contribution is 5.82. The predicted molar refractivity (Wildman–Crippen MR) is 75.7 cm³/mol. The summed E-state index contributed by atoms with van der Waals surface area (Å²) < 4.78 is 6.89. The van der Waals surface area contributed by atoms with E-state index in [0.717, 1.165) is 12.8 Å². The minimum Gasteiger partial charge on any atom is -0.463 e. The molecular weight excluding hydrogens is 240 g/mol. The normalized spacial score (nSPS) is 12.4. The van der Waals surface area contributed by atoms with Gasteiger partial charge in [-0.2, -0.15) is 0 Å². The zero-order valence-electron chi connectivity index (χ0n) is 11.9. The number of ether oxygens (including phenoxy) is 1. The number of esters is 1. The smallest absolute Gasteiger partial charge is 0.330 e. The van der Waals surface area contributed by atoms with Crippen molar-refractivity contribution >= 4 is 5.97 Å². The van der Waals surface area contributed by atoms with E-state index < -0.39 is 0 Å². The summed E-state index contributed by atoms with van der Waals surface area (Å²) in [6.45, 7) is 6.56. The topological polar surface area (TPSA) is 44.1 Å². The molecule has 0 amide bonds. The van der Waals surface area contributed by atoms with E-state index in [1.165, 1.54) is 6.08 Å². The third-order valence-corrected chi connectivity index (χ3v) is 2.89. The molecule has 0 aliphatic carbocycles. The van der Waals surface area contributed by atoms with E-state index in [0.29, 0.717) is 6.61 Å². The third kappa shape index (κ3) is 5.55. The Morgan fingerprint density at radius 1 is 1.42 bits per heavy atom. The van der Waals surface area contributed by atoms with Crippen LogP contribution in [0.15, 0.2) is 43.0 Å². The van der Waals surface area contributed by atoms with Crippen molar-refractivity contribution in [3.63, 3.8) is 0 Å². The molecule has 104 valence electrons. The fourth-order valence-corrected chi connectivity index (χ4v) is 1.68. The summed E-state index contributed by atoms with van der Waals surface area (Å²) in [5, 5.41) is 0. The van der Waals surface area contributed by atoms with E-state index >= 15 is 0 Å². The largest absolute Gasteiger partial charge is 0.463 e. The van der Waals surface area contributed by atoms with Gasteiger partial charge in [0.1, 0.15) is 0 Å². The average Bonchev–Trinajstić information content (AvgIpc) is 2.88. The van der Waals surface area contributed by atoms with Gasteiger partial charge in [0.15, 0.2) is 0 Å². The lowest BCUT2D eigenvalue weighted by Crippen LogP contribution is -2.24. The first-order chi connectivity index (χ1) is 9.06. The zero-order chi connectivity index (χ0) is 14.1. The van der Waals surface area contributed by atoms with Crippen molar-refractivity contribution in [2.75, 3.05) is 6.61 Å². The molecule has 1 aromatic rings. The number of carbonyl (C=O) groups excluding carboxylic acids is 1. The standard InChI is InChI=1S/C15H22N2O2/c1-4-19-14(18)9-7-5-6-8-10-15(2,3)17-12-11-16-13-17/h5-7,9,11-13H,4,8,10H2,1-3H3/b6-5+,9-7+. The van der Waals surface area contributed by atoms with Crippen molar-refractivity contribution < 1.29 is 9.53 Å². The van der Waals surface area contributed by atoms with Crippen LogP contribution >= 0.6 is 0 Å². The second-order valence-electron chi connectivity index (χ2n) is 4.86. The van der Waals surface area contributed by atoms with Crippen LogP contribution < -0.4 is 0 Å². The predicted octanol–water partition coefficient (Wildman–Crippen LogP) is 3.07. The first-order valence-electron chi connectivity index (χ1n) is 6.54. The van der Waals surface area contributed by atoms with Gasteiger partial charge in [-0.3, -0.25) is 0 Å².